The first-order chi connectivity index (χ1) is 16.1. The van der Waals surface area contributed by atoms with Crippen LogP contribution in [0.25, 0.3) is 11.5 Å². The van der Waals surface area contributed by atoms with E-state index in [0.717, 1.165) is 62.9 Å². The highest BCUT2D eigenvalue weighted by atomic mass is 16.7. The number of rotatable bonds is 8. The average molecular weight is 458 g/mol. The van der Waals surface area contributed by atoms with E-state index in [9.17, 15) is 9.90 Å². The zero-order valence-electron chi connectivity index (χ0n) is 19.0. The molecule has 0 aromatic carbocycles. The molecule has 10 nitrogen and oxygen atoms in total. The molecule has 0 bridgehead atoms. The van der Waals surface area contributed by atoms with Gasteiger partial charge in [0.1, 0.15) is 0 Å². The Hall–Kier alpha value is -2.59. The Balaban J connectivity index is 1.34. The molecule has 2 aromatic rings. The van der Waals surface area contributed by atoms with Crippen molar-refractivity contribution in [2.45, 2.75) is 82.7 Å². The molecule has 1 aliphatic heterocycles. The molecule has 3 aliphatic rings. The summed E-state index contributed by atoms with van der Waals surface area (Å²) < 4.78 is 19.6. The maximum Gasteiger partial charge on any atom is 0.306 e. The molecule has 3 atom stereocenters. The van der Waals surface area contributed by atoms with E-state index < -0.39 is 5.97 Å². The van der Waals surface area contributed by atoms with E-state index in [0.29, 0.717) is 42.6 Å². The second kappa shape index (κ2) is 9.72. The topological polar surface area (TPSA) is 121 Å². The van der Waals surface area contributed by atoms with Gasteiger partial charge in [-0.25, -0.2) is 14.6 Å². The standard InChI is InChI=1S/C23H31N5O5/c1-28-17(13-32-19-7-2-3-10-31-19)21(26-27-28)22-24-12-18(20(25-22)14-8-9-14)33-16-6-4-5-15(11-16)23(29)30/h12,14-16,19H,2-11,13H2,1H3,(H,29,30)/t15-,16-,19?/m0/s1. The third-order valence-corrected chi connectivity index (χ3v) is 6.71. The Labute approximate surface area is 192 Å². The molecule has 10 heteroatoms. The fraction of sp³-hybridized carbons (Fsp3) is 0.696. The van der Waals surface area contributed by atoms with Crippen molar-refractivity contribution in [3.63, 3.8) is 0 Å². The van der Waals surface area contributed by atoms with Crippen LogP contribution in [0, 0.1) is 5.92 Å². The summed E-state index contributed by atoms with van der Waals surface area (Å²) in [5.74, 6) is 0.423. The van der Waals surface area contributed by atoms with Crippen LogP contribution in [0.1, 0.15) is 75.1 Å². The molecule has 2 saturated carbocycles. The summed E-state index contributed by atoms with van der Waals surface area (Å²) in [7, 11) is 1.83. The minimum atomic E-state index is -0.742. The number of carbonyl (C=O) groups is 1. The quantitative estimate of drug-likeness (QED) is 0.637. The Bertz CT molecular complexity index is 986. The van der Waals surface area contributed by atoms with Crippen molar-refractivity contribution in [3.8, 4) is 17.3 Å². The minimum absolute atomic E-state index is 0.122. The Kier molecular flexibility index (Phi) is 6.55. The van der Waals surface area contributed by atoms with Crippen molar-refractivity contribution in [1.82, 2.24) is 25.0 Å². The number of ether oxygens (including phenoxy) is 3. The van der Waals surface area contributed by atoms with Gasteiger partial charge in [0.15, 0.2) is 23.6 Å². The van der Waals surface area contributed by atoms with Gasteiger partial charge >= 0.3 is 5.97 Å². The molecule has 2 aromatic heterocycles. The van der Waals surface area contributed by atoms with Crippen LogP contribution in [-0.4, -0.2) is 55.0 Å². The van der Waals surface area contributed by atoms with Crippen LogP contribution in [0.3, 0.4) is 0 Å². The van der Waals surface area contributed by atoms with Crippen LogP contribution in [0.4, 0.5) is 0 Å². The molecule has 2 aliphatic carbocycles. The summed E-state index contributed by atoms with van der Waals surface area (Å²) in [6, 6.07) is 0. The first-order valence-corrected chi connectivity index (χ1v) is 12.0. The summed E-state index contributed by atoms with van der Waals surface area (Å²) in [4.78, 5) is 20.8. The molecular weight excluding hydrogens is 426 g/mol. The smallest absolute Gasteiger partial charge is 0.306 e. The SMILES string of the molecule is Cn1nnc(-c2ncc(O[C@H]3CCC[C@H](C(=O)O)C3)c(C3CC3)n2)c1COC1CCCCO1. The molecule has 5 rings (SSSR count). The molecule has 0 amide bonds. The lowest BCUT2D eigenvalue weighted by atomic mass is 9.87. The zero-order chi connectivity index (χ0) is 22.8. The lowest BCUT2D eigenvalue weighted by Gasteiger charge is -2.27. The highest BCUT2D eigenvalue weighted by Gasteiger charge is 2.33. The molecule has 0 radical (unpaired) electrons. The first-order valence-electron chi connectivity index (χ1n) is 12.0. The molecule has 3 fully saturated rings. The van der Waals surface area contributed by atoms with E-state index in [1.807, 2.05) is 7.05 Å². The van der Waals surface area contributed by atoms with E-state index in [1.165, 1.54) is 0 Å². The van der Waals surface area contributed by atoms with Crippen molar-refractivity contribution in [2.24, 2.45) is 13.0 Å². The number of carboxylic acid groups (broad SMARTS) is 1. The van der Waals surface area contributed by atoms with Gasteiger partial charge in [0.2, 0.25) is 0 Å². The second-order valence-electron chi connectivity index (χ2n) is 9.27. The van der Waals surface area contributed by atoms with E-state index >= 15 is 0 Å². The van der Waals surface area contributed by atoms with E-state index in [2.05, 4.69) is 15.3 Å². The molecule has 1 unspecified atom stereocenters. The van der Waals surface area contributed by atoms with E-state index in [1.54, 1.807) is 10.9 Å². The molecule has 3 heterocycles. The van der Waals surface area contributed by atoms with Crippen LogP contribution >= 0.6 is 0 Å². The summed E-state index contributed by atoms with van der Waals surface area (Å²) in [5.41, 5.74) is 2.28. The number of aliphatic carboxylic acids is 1. The van der Waals surface area contributed by atoms with Crippen LogP contribution in [0.5, 0.6) is 5.75 Å². The van der Waals surface area contributed by atoms with Gasteiger partial charge in [-0.2, -0.15) is 0 Å². The zero-order valence-corrected chi connectivity index (χ0v) is 19.0. The first kappa shape index (κ1) is 22.2. The van der Waals surface area contributed by atoms with Crippen LogP contribution < -0.4 is 4.74 Å². The van der Waals surface area contributed by atoms with Crippen molar-refractivity contribution in [1.29, 1.82) is 0 Å². The highest BCUT2D eigenvalue weighted by Crippen LogP contribution is 2.44. The lowest BCUT2D eigenvalue weighted by Crippen LogP contribution is -2.29. The number of aromatic nitrogens is 5. The molecule has 33 heavy (non-hydrogen) atoms. The van der Waals surface area contributed by atoms with Gasteiger partial charge in [-0.3, -0.25) is 4.79 Å². The monoisotopic (exact) mass is 457 g/mol. The summed E-state index contributed by atoms with van der Waals surface area (Å²) in [6.07, 6.45) is 9.51. The largest absolute Gasteiger partial charge is 0.487 e. The van der Waals surface area contributed by atoms with Gasteiger partial charge in [-0.1, -0.05) is 5.21 Å². The van der Waals surface area contributed by atoms with E-state index in [4.69, 9.17) is 19.2 Å². The maximum absolute atomic E-state index is 11.4. The number of carboxylic acids is 1. The molecule has 178 valence electrons. The van der Waals surface area contributed by atoms with Crippen molar-refractivity contribution in [3.05, 3.63) is 17.6 Å². The van der Waals surface area contributed by atoms with Crippen LogP contribution in [0.15, 0.2) is 6.20 Å². The fourth-order valence-corrected chi connectivity index (χ4v) is 4.62. The van der Waals surface area contributed by atoms with Crippen LogP contribution in [0.2, 0.25) is 0 Å². The Morgan fingerprint density at radius 1 is 1.21 bits per heavy atom. The summed E-state index contributed by atoms with van der Waals surface area (Å²) in [6.45, 7) is 1.05. The molecule has 0 spiro atoms. The number of nitrogens with zero attached hydrogens (tertiary/aromatic N) is 5. The average Bonchev–Trinajstić information content (AvgIpc) is 3.61. The Morgan fingerprint density at radius 2 is 2.09 bits per heavy atom. The molecule has 1 saturated heterocycles. The predicted octanol–water partition coefficient (Wildman–Crippen LogP) is 3.21. The number of hydrogen-bond acceptors (Lipinski definition) is 8. The molecular formula is C23H31N5O5. The maximum atomic E-state index is 11.4. The lowest BCUT2D eigenvalue weighted by molar-refractivity contribution is -0.169. The Morgan fingerprint density at radius 3 is 2.85 bits per heavy atom. The highest BCUT2D eigenvalue weighted by molar-refractivity contribution is 5.70. The van der Waals surface area contributed by atoms with Gasteiger partial charge in [0.25, 0.3) is 0 Å². The van der Waals surface area contributed by atoms with Gasteiger partial charge in [-0.05, 0) is 57.8 Å². The second-order valence-corrected chi connectivity index (χ2v) is 9.27. The van der Waals surface area contributed by atoms with Crippen LogP contribution in [-0.2, 0) is 27.9 Å². The van der Waals surface area contributed by atoms with Crippen molar-refractivity contribution >= 4 is 5.97 Å². The molecule has 1 N–H and O–H groups in total. The van der Waals surface area contributed by atoms with Gasteiger partial charge in [0, 0.05) is 19.6 Å². The van der Waals surface area contributed by atoms with Crippen molar-refractivity contribution in [2.75, 3.05) is 6.61 Å². The van der Waals surface area contributed by atoms with E-state index in [-0.39, 0.29) is 18.3 Å². The predicted molar refractivity (Wildman–Crippen MR) is 116 cm³/mol. The summed E-state index contributed by atoms with van der Waals surface area (Å²) in [5, 5.41) is 17.9. The van der Waals surface area contributed by atoms with Gasteiger partial charge < -0.3 is 19.3 Å². The van der Waals surface area contributed by atoms with Gasteiger partial charge in [-0.15, -0.1) is 5.10 Å². The minimum Gasteiger partial charge on any atom is -0.487 e. The van der Waals surface area contributed by atoms with Crippen molar-refractivity contribution < 1.29 is 24.1 Å². The normalized spacial score (nSPS) is 25.7. The van der Waals surface area contributed by atoms with Gasteiger partial charge in [0.05, 0.1) is 36.2 Å². The number of hydrogen-bond donors (Lipinski definition) is 1. The fourth-order valence-electron chi connectivity index (χ4n) is 4.62. The third kappa shape index (κ3) is 5.16. The summed E-state index contributed by atoms with van der Waals surface area (Å²) >= 11 is 0. The third-order valence-electron chi connectivity index (χ3n) is 6.71. The number of aryl methyl sites for hydroxylation is 1.